The van der Waals surface area contributed by atoms with Crippen LogP contribution in [-0.2, 0) is 0 Å². The van der Waals surface area contributed by atoms with E-state index in [0.29, 0.717) is 11.9 Å². The number of fused-ring (bicyclic) bond motifs is 1. The molecule has 0 bridgehead atoms. The first kappa shape index (κ1) is 10.6. The molecular formula is C14H19N3O. The van der Waals surface area contributed by atoms with E-state index < -0.39 is 0 Å². The molecule has 2 atom stereocenters. The van der Waals surface area contributed by atoms with Crippen molar-refractivity contribution in [3.05, 3.63) is 22.7 Å². The van der Waals surface area contributed by atoms with Gasteiger partial charge in [0.25, 0.3) is 5.56 Å². The highest BCUT2D eigenvalue weighted by Gasteiger charge is 2.37. The Morgan fingerprint density at radius 2 is 1.83 bits per heavy atom. The maximum absolute atomic E-state index is 12.4. The predicted octanol–water partition coefficient (Wildman–Crippen LogP) is 1.81. The van der Waals surface area contributed by atoms with Gasteiger partial charge in [-0.2, -0.15) is 0 Å². The molecule has 3 fully saturated rings. The Bertz CT molecular complexity index is 508. The van der Waals surface area contributed by atoms with Crippen LogP contribution in [0, 0.1) is 11.8 Å². The third kappa shape index (κ3) is 1.58. The molecular weight excluding hydrogens is 226 g/mol. The molecule has 1 saturated heterocycles. The second kappa shape index (κ2) is 3.84. The van der Waals surface area contributed by atoms with E-state index in [4.69, 9.17) is 0 Å². The number of nitrogens with zero attached hydrogens (tertiary/aromatic N) is 3. The fourth-order valence-electron chi connectivity index (χ4n) is 3.68. The summed E-state index contributed by atoms with van der Waals surface area (Å²) in [6.45, 7) is 2.09. The third-order valence-corrected chi connectivity index (χ3v) is 4.82. The molecule has 4 nitrogen and oxygen atoms in total. The van der Waals surface area contributed by atoms with Crippen molar-refractivity contribution in [1.82, 2.24) is 9.55 Å². The Kier molecular flexibility index (Phi) is 2.26. The highest BCUT2D eigenvalue weighted by Crippen LogP contribution is 2.39. The summed E-state index contributed by atoms with van der Waals surface area (Å²) in [5.41, 5.74) is 0.125. The Morgan fingerprint density at radius 1 is 1.11 bits per heavy atom. The van der Waals surface area contributed by atoms with Gasteiger partial charge in [-0.1, -0.05) is 6.42 Å². The molecule has 96 valence electrons. The van der Waals surface area contributed by atoms with E-state index in [1.807, 2.05) is 10.8 Å². The molecule has 4 heteroatoms. The van der Waals surface area contributed by atoms with Gasteiger partial charge in [-0.15, -0.1) is 0 Å². The van der Waals surface area contributed by atoms with Gasteiger partial charge in [0.1, 0.15) is 0 Å². The maximum Gasteiger partial charge on any atom is 0.293 e. The number of anilines is 1. The highest BCUT2D eigenvalue weighted by molar-refractivity contribution is 5.38. The molecule has 2 heterocycles. The summed E-state index contributed by atoms with van der Waals surface area (Å²) in [6, 6.07) is 0.446. The quantitative estimate of drug-likeness (QED) is 0.797. The Hall–Kier alpha value is -1.32. The van der Waals surface area contributed by atoms with E-state index in [1.54, 1.807) is 6.20 Å². The number of rotatable bonds is 2. The summed E-state index contributed by atoms with van der Waals surface area (Å²) >= 11 is 0. The van der Waals surface area contributed by atoms with Gasteiger partial charge in [0.15, 0.2) is 5.82 Å². The van der Waals surface area contributed by atoms with Crippen molar-refractivity contribution in [1.29, 1.82) is 0 Å². The van der Waals surface area contributed by atoms with Crippen LogP contribution < -0.4 is 10.5 Å². The summed E-state index contributed by atoms with van der Waals surface area (Å²) in [5.74, 6) is 2.31. The smallest absolute Gasteiger partial charge is 0.293 e. The molecule has 18 heavy (non-hydrogen) atoms. The highest BCUT2D eigenvalue weighted by atomic mass is 16.1. The Labute approximate surface area is 107 Å². The van der Waals surface area contributed by atoms with E-state index in [0.717, 1.165) is 37.8 Å². The molecule has 1 aromatic heterocycles. The van der Waals surface area contributed by atoms with Crippen LogP contribution in [0.4, 0.5) is 5.82 Å². The zero-order chi connectivity index (χ0) is 12.1. The van der Waals surface area contributed by atoms with E-state index >= 15 is 0 Å². The molecule has 0 aromatic carbocycles. The van der Waals surface area contributed by atoms with Crippen molar-refractivity contribution in [2.45, 2.75) is 38.1 Å². The Morgan fingerprint density at radius 3 is 2.50 bits per heavy atom. The molecule has 2 saturated carbocycles. The minimum absolute atomic E-state index is 0.125. The first-order valence-electron chi connectivity index (χ1n) is 7.15. The SMILES string of the molecule is O=c1c(N2CC3CCCC3C2)nccn1C1CC1. The van der Waals surface area contributed by atoms with E-state index in [2.05, 4.69) is 9.88 Å². The summed E-state index contributed by atoms with van der Waals surface area (Å²) in [4.78, 5) is 19.0. The minimum atomic E-state index is 0.125. The molecule has 0 amide bonds. The molecule has 4 rings (SSSR count). The monoisotopic (exact) mass is 245 g/mol. The van der Waals surface area contributed by atoms with E-state index in [1.165, 1.54) is 19.3 Å². The fraction of sp³-hybridized carbons (Fsp3) is 0.714. The summed E-state index contributed by atoms with van der Waals surface area (Å²) in [5, 5.41) is 0. The molecule has 0 spiro atoms. The largest absolute Gasteiger partial charge is 0.351 e. The lowest BCUT2D eigenvalue weighted by Gasteiger charge is -2.18. The molecule has 0 N–H and O–H groups in total. The average molecular weight is 245 g/mol. The average Bonchev–Trinajstić information content (AvgIpc) is 2.97. The second-order valence-electron chi connectivity index (χ2n) is 6.05. The maximum atomic E-state index is 12.4. The first-order chi connectivity index (χ1) is 8.83. The topological polar surface area (TPSA) is 38.1 Å². The molecule has 0 radical (unpaired) electrons. The molecule has 3 aliphatic rings. The van der Waals surface area contributed by atoms with Gasteiger partial charge in [0, 0.05) is 31.5 Å². The zero-order valence-corrected chi connectivity index (χ0v) is 10.6. The van der Waals surface area contributed by atoms with Crippen molar-refractivity contribution >= 4 is 5.82 Å². The number of hydrogen-bond acceptors (Lipinski definition) is 3. The summed E-state index contributed by atoms with van der Waals surface area (Å²) in [7, 11) is 0. The van der Waals surface area contributed by atoms with Crippen LogP contribution in [0.5, 0.6) is 0 Å². The van der Waals surface area contributed by atoms with Crippen molar-refractivity contribution in [3.63, 3.8) is 0 Å². The van der Waals surface area contributed by atoms with Gasteiger partial charge < -0.3 is 9.47 Å². The minimum Gasteiger partial charge on any atom is -0.351 e. The van der Waals surface area contributed by atoms with Crippen molar-refractivity contribution in [2.75, 3.05) is 18.0 Å². The van der Waals surface area contributed by atoms with Crippen LogP contribution in [0.25, 0.3) is 0 Å². The van der Waals surface area contributed by atoms with Crippen LogP contribution >= 0.6 is 0 Å². The molecule has 1 aromatic rings. The summed E-state index contributed by atoms with van der Waals surface area (Å²) in [6.07, 6.45) is 9.99. The van der Waals surface area contributed by atoms with Gasteiger partial charge in [-0.3, -0.25) is 4.79 Å². The normalized spacial score (nSPS) is 30.8. The van der Waals surface area contributed by atoms with Crippen molar-refractivity contribution in [3.8, 4) is 0 Å². The lowest BCUT2D eigenvalue weighted by atomic mass is 10.0. The Balaban J connectivity index is 1.65. The van der Waals surface area contributed by atoms with Crippen LogP contribution in [-0.4, -0.2) is 22.6 Å². The molecule has 2 aliphatic carbocycles. The van der Waals surface area contributed by atoms with Gasteiger partial charge >= 0.3 is 0 Å². The number of aromatic nitrogens is 2. The standard InChI is InChI=1S/C14H19N3O/c18-14-13(15-6-7-17(14)12-4-5-12)16-8-10-2-1-3-11(10)9-16/h6-7,10-12H,1-5,8-9H2. The van der Waals surface area contributed by atoms with Crippen LogP contribution in [0.1, 0.15) is 38.1 Å². The lowest BCUT2D eigenvalue weighted by molar-refractivity contribution is 0.494. The van der Waals surface area contributed by atoms with Gasteiger partial charge in [-0.25, -0.2) is 4.98 Å². The van der Waals surface area contributed by atoms with E-state index in [-0.39, 0.29) is 5.56 Å². The summed E-state index contributed by atoms with van der Waals surface area (Å²) < 4.78 is 1.89. The van der Waals surface area contributed by atoms with Crippen molar-refractivity contribution < 1.29 is 0 Å². The second-order valence-corrected chi connectivity index (χ2v) is 6.05. The number of hydrogen-bond donors (Lipinski definition) is 0. The first-order valence-corrected chi connectivity index (χ1v) is 7.15. The molecule has 2 unspecified atom stereocenters. The van der Waals surface area contributed by atoms with Crippen LogP contribution in [0.2, 0.25) is 0 Å². The fourth-order valence-corrected chi connectivity index (χ4v) is 3.68. The van der Waals surface area contributed by atoms with Crippen LogP contribution in [0.15, 0.2) is 17.2 Å². The van der Waals surface area contributed by atoms with Gasteiger partial charge in [0.2, 0.25) is 0 Å². The predicted molar refractivity (Wildman–Crippen MR) is 69.8 cm³/mol. The van der Waals surface area contributed by atoms with Gasteiger partial charge in [-0.05, 0) is 37.5 Å². The molecule has 1 aliphatic heterocycles. The van der Waals surface area contributed by atoms with E-state index in [9.17, 15) is 4.79 Å². The van der Waals surface area contributed by atoms with Crippen LogP contribution in [0.3, 0.4) is 0 Å². The van der Waals surface area contributed by atoms with Crippen molar-refractivity contribution in [2.24, 2.45) is 11.8 Å². The van der Waals surface area contributed by atoms with Gasteiger partial charge in [0.05, 0.1) is 0 Å². The lowest BCUT2D eigenvalue weighted by Crippen LogP contribution is -2.32. The zero-order valence-electron chi connectivity index (χ0n) is 10.6. The third-order valence-electron chi connectivity index (χ3n) is 4.82.